The molecule has 0 aliphatic heterocycles. The Morgan fingerprint density at radius 1 is 1.45 bits per heavy atom. The quantitative estimate of drug-likeness (QED) is 0.764. The summed E-state index contributed by atoms with van der Waals surface area (Å²) >= 11 is 0. The Kier molecular flexibility index (Phi) is 6.21. The standard InChI is InChI=1S/C17H29N3/c1-7-10-18-14(3)15-9-11-19-16(13-15)20(12-8-2)17(4,5)6/h8-9,11,13-14,18H,2,7,10,12H2,1,3-6H3. The molecule has 0 aliphatic rings. The minimum atomic E-state index is 0.0277. The molecule has 20 heavy (non-hydrogen) atoms. The highest BCUT2D eigenvalue weighted by Gasteiger charge is 2.22. The Hall–Kier alpha value is -1.35. The van der Waals surface area contributed by atoms with Gasteiger partial charge in [-0.25, -0.2) is 4.98 Å². The van der Waals surface area contributed by atoms with Crippen molar-refractivity contribution in [3.63, 3.8) is 0 Å². The maximum absolute atomic E-state index is 4.54. The number of rotatable bonds is 7. The summed E-state index contributed by atoms with van der Waals surface area (Å²) < 4.78 is 0. The average Bonchev–Trinajstić information content (AvgIpc) is 2.41. The summed E-state index contributed by atoms with van der Waals surface area (Å²) in [5.74, 6) is 1.01. The van der Waals surface area contributed by atoms with Crippen LogP contribution < -0.4 is 10.2 Å². The summed E-state index contributed by atoms with van der Waals surface area (Å²) in [6.45, 7) is 16.7. The maximum atomic E-state index is 4.54. The lowest BCUT2D eigenvalue weighted by Crippen LogP contribution is -2.42. The first kappa shape index (κ1) is 16.7. The highest BCUT2D eigenvalue weighted by Crippen LogP contribution is 2.24. The van der Waals surface area contributed by atoms with Crippen LogP contribution in [0.5, 0.6) is 0 Å². The van der Waals surface area contributed by atoms with Gasteiger partial charge in [0.15, 0.2) is 0 Å². The van der Waals surface area contributed by atoms with E-state index < -0.39 is 0 Å². The number of hydrogen-bond donors (Lipinski definition) is 1. The van der Waals surface area contributed by atoms with Gasteiger partial charge >= 0.3 is 0 Å². The van der Waals surface area contributed by atoms with Crippen molar-refractivity contribution in [2.75, 3.05) is 18.0 Å². The van der Waals surface area contributed by atoms with Gasteiger partial charge in [-0.2, -0.15) is 0 Å². The van der Waals surface area contributed by atoms with Crippen LogP contribution in [0.3, 0.4) is 0 Å². The van der Waals surface area contributed by atoms with Crippen LogP contribution in [-0.4, -0.2) is 23.6 Å². The van der Waals surface area contributed by atoms with E-state index in [1.54, 1.807) is 0 Å². The highest BCUT2D eigenvalue weighted by atomic mass is 15.2. The summed E-state index contributed by atoms with van der Waals surface area (Å²) in [6, 6.07) is 4.62. The van der Waals surface area contributed by atoms with Gasteiger partial charge in [0.2, 0.25) is 0 Å². The normalized spacial score (nSPS) is 13.1. The number of pyridine rings is 1. The Morgan fingerprint density at radius 2 is 2.15 bits per heavy atom. The van der Waals surface area contributed by atoms with Crippen molar-refractivity contribution >= 4 is 5.82 Å². The summed E-state index contributed by atoms with van der Waals surface area (Å²) in [6.07, 6.45) is 4.97. The van der Waals surface area contributed by atoms with E-state index in [1.165, 1.54) is 5.56 Å². The predicted octanol–water partition coefficient (Wildman–Crippen LogP) is 3.93. The van der Waals surface area contributed by atoms with Crippen LogP contribution in [0.25, 0.3) is 0 Å². The molecule has 1 N–H and O–H groups in total. The lowest BCUT2D eigenvalue weighted by molar-refractivity contribution is 0.516. The predicted molar refractivity (Wildman–Crippen MR) is 88.2 cm³/mol. The molecule has 0 fully saturated rings. The third kappa shape index (κ3) is 4.64. The molecule has 3 nitrogen and oxygen atoms in total. The number of nitrogens with one attached hydrogen (secondary N) is 1. The Morgan fingerprint density at radius 3 is 2.70 bits per heavy atom. The SMILES string of the molecule is C=CCN(c1cc(C(C)NCCC)ccn1)C(C)(C)C. The zero-order chi connectivity index (χ0) is 15.2. The second-order valence-electron chi connectivity index (χ2n) is 6.19. The molecule has 1 rings (SSSR count). The van der Waals surface area contributed by atoms with Crippen LogP contribution in [0.2, 0.25) is 0 Å². The molecule has 1 unspecified atom stereocenters. The number of nitrogens with zero attached hydrogens (tertiary/aromatic N) is 2. The van der Waals surface area contributed by atoms with Crippen molar-refractivity contribution in [3.05, 3.63) is 36.5 Å². The fraction of sp³-hybridized carbons (Fsp3) is 0.588. The first-order chi connectivity index (χ1) is 9.40. The largest absolute Gasteiger partial charge is 0.348 e. The van der Waals surface area contributed by atoms with E-state index in [-0.39, 0.29) is 5.54 Å². The molecule has 0 spiro atoms. The van der Waals surface area contributed by atoms with Gasteiger partial charge in [-0.3, -0.25) is 0 Å². The van der Waals surface area contributed by atoms with Gasteiger partial charge in [0, 0.05) is 24.3 Å². The molecule has 0 bridgehead atoms. The van der Waals surface area contributed by atoms with Crippen molar-refractivity contribution in [3.8, 4) is 0 Å². The second-order valence-corrected chi connectivity index (χ2v) is 6.19. The van der Waals surface area contributed by atoms with E-state index in [0.717, 1.165) is 25.3 Å². The second kappa shape index (κ2) is 7.44. The summed E-state index contributed by atoms with van der Waals surface area (Å²) in [4.78, 5) is 6.81. The average molecular weight is 275 g/mol. The third-order valence-electron chi connectivity index (χ3n) is 3.37. The van der Waals surface area contributed by atoms with Gasteiger partial charge in [0.1, 0.15) is 5.82 Å². The Bertz CT molecular complexity index is 420. The van der Waals surface area contributed by atoms with Crippen LogP contribution in [0.4, 0.5) is 5.82 Å². The molecular weight excluding hydrogens is 246 g/mol. The molecule has 1 aromatic heterocycles. The Balaban J connectivity index is 2.97. The van der Waals surface area contributed by atoms with Crippen molar-refractivity contribution in [1.29, 1.82) is 0 Å². The summed E-state index contributed by atoms with van der Waals surface area (Å²) in [7, 11) is 0. The van der Waals surface area contributed by atoms with E-state index in [0.29, 0.717) is 6.04 Å². The van der Waals surface area contributed by atoms with Crippen LogP contribution in [0, 0.1) is 0 Å². The van der Waals surface area contributed by atoms with E-state index in [2.05, 4.69) is 68.5 Å². The van der Waals surface area contributed by atoms with Crippen molar-refractivity contribution < 1.29 is 0 Å². The molecular formula is C17H29N3. The van der Waals surface area contributed by atoms with Crippen LogP contribution in [-0.2, 0) is 0 Å². The maximum Gasteiger partial charge on any atom is 0.129 e. The smallest absolute Gasteiger partial charge is 0.129 e. The van der Waals surface area contributed by atoms with Crippen LogP contribution in [0.1, 0.15) is 52.6 Å². The van der Waals surface area contributed by atoms with Crippen molar-refractivity contribution in [1.82, 2.24) is 10.3 Å². The molecule has 112 valence electrons. The van der Waals surface area contributed by atoms with E-state index in [4.69, 9.17) is 0 Å². The van der Waals surface area contributed by atoms with E-state index in [9.17, 15) is 0 Å². The molecule has 1 heterocycles. The lowest BCUT2D eigenvalue weighted by atomic mass is 10.0. The molecule has 0 amide bonds. The minimum Gasteiger partial charge on any atom is -0.348 e. The van der Waals surface area contributed by atoms with Gasteiger partial charge in [0.25, 0.3) is 0 Å². The first-order valence-electron chi connectivity index (χ1n) is 7.48. The van der Waals surface area contributed by atoms with Gasteiger partial charge in [-0.15, -0.1) is 6.58 Å². The summed E-state index contributed by atoms with van der Waals surface area (Å²) in [5, 5.41) is 3.52. The molecule has 0 saturated heterocycles. The van der Waals surface area contributed by atoms with Gasteiger partial charge < -0.3 is 10.2 Å². The van der Waals surface area contributed by atoms with Gasteiger partial charge in [-0.1, -0.05) is 13.0 Å². The third-order valence-corrected chi connectivity index (χ3v) is 3.37. The van der Waals surface area contributed by atoms with Crippen LogP contribution >= 0.6 is 0 Å². The molecule has 0 saturated carbocycles. The highest BCUT2D eigenvalue weighted by molar-refractivity contribution is 5.45. The molecule has 0 radical (unpaired) electrons. The van der Waals surface area contributed by atoms with Crippen molar-refractivity contribution in [2.45, 2.75) is 52.6 Å². The minimum absolute atomic E-state index is 0.0277. The molecule has 1 atom stereocenters. The molecule has 1 aromatic rings. The monoisotopic (exact) mass is 275 g/mol. The lowest BCUT2D eigenvalue weighted by Gasteiger charge is -2.36. The van der Waals surface area contributed by atoms with E-state index in [1.807, 2.05) is 12.3 Å². The van der Waals surface area contributed by atoms with Crippen molar-refractivity contribution in [2.24, 2.45) is 0 Å². The number of anilines is 1. The van der Waals surface area contributed by atoms with Gasteiger partial charge in [0.05, 0.1) is 0 Å². The van der Waals surface area contributed by atoms with E-state index >= 15 is 0 Å². The van der Waals surface area contributed by atoms with Crippen LogP contribution in [0.15, 0.2) is 31.0 Å². The molecule has 0 aromatic carbocycles. The molecule has 3 heteroatoms. The zero-order valence-electron chi connectivity index (χ0n) is 13.6. The fourth-order valence-corrected chi connectivity index (χ4v) is 2.17. The first-order valence-corrected chi connectivity index (χ1v) is 7.48. The Labute approximate surface area is 124 Å². The molecule has 0 aliphatic carbocycles. The topological polar surface area (TPSA) is 28.2 Å². The fourth-order valence-electron chi connectivity index (χ4n) is 2.17. The zero-order valence-corrected chi connectivity index (χ0v) is 13.6. The number of aromatic nitrogens is 1. The number of hydrogen-bond acceptors (Lipinski definition) is 3. The van der Waals surface area contributed by atoms with Gasteiger partial charge in [-0.05, 0) is 58.4 Å². The summed E-state index contributed by atoms with van der Waals surface area (Å²) in [5.41, 5.74) is 1.31.